The molecular weight excluding hydrogens is 414 g/mol. The van der Waals surface area contributed by atoms with Gasteiger partial charge in [-0.05, 0) is 37.6 Å². The van der Waals surface area contributed by atoms with Crippen molar-refractivity contribution in [2.45, 2.75) is 26.3 Å². The second-order valence-electron chi connectivity index (χ2n) is 7.64. The Bertz CT molecular complexity index is 1250. The van der Waals surface area contributed by atoms with E-state index in [4.69, 9.17) is 4.42 Å². The minimum Gasteiger partial charge on any atom is -0.505 e. The first-order valence-electron chi connectivity index (χ1n) is 10.1. The topological polar surface area (TPSA) is 133 Å². The molecule has 0 saturated carbocycles. The van der Waals surface area contributed by atoms with Crippen molar-refractivity contribution in [1.82, 2.24) is 14.7 Å². The number of nitrogens with one attached hydrogen (secondary N) is 3. The van der Waals surface area contributed by atoms with Crippen molar-refractivity contribution >= 4 is 23.0 Å². The summed E-state index contributed by atoms with van der Waals surface area (Å²) in [5.74, 6) is 0.622. The third kappa shape index (κ3) is 4.39. The van der Waals surface area contributed by atoms with Gasteiger partial charge in [0, 0.05) is 21.1 Å². The van der Waals surface area contributed by atoms with Gasteiger partial charge < -0.3 is 25.1 Å². The summed E-state index contributed by atoms with van der Waals surface area (Å²) in [6, 6.07) is 7.82. The number of anilines is 3. The number of phenols is 1. The van der Waals surface area contributed by atoms with E-state index in [0.717, 1.165) is 10.4 Å². The molecule has 0 saturated heterocycles. The van der Waals surface area contributed by atoms with Gasteiger partial charge in [0.25, 0.3) is 17.0 Å². The van der Waals surface area contributed by atoms with Gasteiger partial charge in [-0.3, -0.25) is 24.2 Å². The highest BCUT2D eigenvalue weighted by atomic mass is 16.3. The van der Waals surface area contributed by atoms with E-state index in [1.54, 1.807) is 20.2 Å². The summed E-state index contributed by atoms with van der Waals surface area (Å²) in [6.45, 7) is 3.74. The second-order valence-corrected chi connectivity index (χ2v) is 7.64. The fourth-order valence-electron chi connectivity index (χ4n) is 3.28. The molecule has 0 spiro atoms. The highest BCUT2D eigenvalue weighted by Gasteiger charge is 2.22. The van der Waals surface area contributed by atoms with Gasteiger partial charge in [0.2, 0.25) is 0 Å². The lowest BCUT2D eigenvalue weighted by Crippen LogP contribution is -2.32. The number of para-hydroxylation sites is 1. The van der Waals surface area contributed by atoms with Crippen molar-refractivity contribution in [3.05, 3.63) is 68.1 Å². The first kappa shape index (κ1) is 22.7. The predicted octanol–water partition coefficient (Wildman–Crippen LogP) is 2.69. The summed E-state index contributed by atoms with van der Waals surface area (Å²) in [5, 5.41) is 19.0. The molecule has 1 aromatic carbocycles. The number of benzene rings is 1. The third-order valence-electron chi connectivity index (χ3n) is 5.03. The standard InChI is InChI=1S/C22H27N5O5/c1-6-14(16-11-10-12(2)32-16)23-18-17(20(29)25-27(5)22(18)31)24-15-9-7-8-13(19(15)28)21(30)26(3)4/h7-11,14,23-24,28H,6H2,1-5H3,(H,25,29). The van der Waals surface area contributed by atoms with Crippen LogP contribution in [0.2, 0.25) is 0 Å². The summed E-state index contributed by atoms with van der Waals surface area (Å²) in [6.07, 6.45) is 0.584. The van der Waals surface area contributed by atoms with Crippen LogP contribution in [0.25, 0.3) is 0 Å². The van der Waals surface area contributed by atoms with Crippen LogP contribution in [0.4, 0.5) is 17.1 Å². The second kappa shape index (κ2) is 9.04. The number of hydrogen-bond acceptors (Lipinski definition) is 7. The molecule has 3 rings (SSSR count). The van der Waals surface area contributed by atoms with Gasteiger partial charge in [0.05, 0.1) is 17.3 Å². The molecule has 2 heterocycles. The number of furan rings is 1. The third-order valence-corrected chi connectivity index (χ3v) is 5.03. The number of aromatic hydroxyl groups is 1. The van der Waals surface area contributed by atoms with Crippen LogP contribution in [0.15, 0.2) is 44.3 Å². The molecule has 32 heavy (non-hydrogen) atoms. The minimum atomic E-state index is -0.580. The molecule has 1 unspecified atom stereocenters. The molecule has 0 bridgehead atoms. The number of nitrogens with zero attached hydrogens (tertiary/aromatic N) is 2. The number of aromatic nitrogens is 2. The molecule has 3 aromatic rings. The molecule has 0 aliphatic carbocycles. The van der Waals surface area contributed by atoms with Gasteiger partial charge in [-0.1, -0.05) is 13.0 Å². The Morgan fingerprint density at radius 1 is 1.22 bits per heavy atom. The predicted molar refractivity (Wildman–Crippen MR) is 122 cm³/mol. The highest BCUT2D eigenvalue weighted by molar-refractivity contribution is 5.98. The maximum absolute atomic E-state index is 12.9. The maximum Gasteiger partial charge on any atom is 0.290 e. The van der Waals surface area contributed by atoms with E-state index >= 15 is 0 Å². The molecule has 0 aliphatic heterocycles. The van der Waals surface area contributed by atoms with Crippen molar-refractivity contribution in [3.63, 3.8) is 0 Å². The van der Waals surface area contributed by atoms with Crippen molar-refractivity contribution in [1.29, 1.82) is 0 Å². The lowest BCUT2D eigenvalue weighted by atomic mass is 10.1. The van der Waals surface area contributed by atoms with Crippen molar-refractivity contribution in [3.8, 4) is 5.75 Å². The fourth-order valence-corrected chi connectivity index (χ4v) is 3.28. The number of amides is 1. The fraction of sp³-hybridized carbons (Fsp3) is 0.318. The Morgan fingerprint density at radius 3 is 2.53 bits per heavy atom. The van der Waals surface area contributed by atoms with Crippen LogP contribution in [0.5, 0.6) is 5.75 Å². The molecular formula is C22H27N5O5. The van der Waals surface area contributed by atoms with E-state index in [-0.39, 0.29) is 34.4 Å². The lowest BCUT2D eigenvalue weighted by Gasteiger charge is -2.20. The maximum atomic E-state index is 12.9. The highest BCUT2D eigenvalue weighted by Crippen LogP contribution is 2.32. The van der Waals surface area contributed by atoms with Crippen molar-refractivity contribution in [2.24, 2.45) is 7.05 Å². The van der Waals surface area contributed by atoms with Crippen LogP contribution in [0.1, 0.15) is 41.3 Å². The van der Waals surface area contributed by atoms with Gasteiger partial charge in [-0.25, -0.2) is 0 Å². The zero-order chi connectivity index (χ0) is 23.6. The summed E-state index contributed by atoms with van der Waals surface area (Å²) in [4.78, 5) is 39.3. The average Bonchev–Trinajstić information content (AvgIpc) is 3.18. The number of carbonyl (C=O) groups is 1. The normalized spacial score (nSPS) is 11.8. The molecule has 0 aliphatic rings. The van der Waals surface area contributed by atoms with E-state index in [2.05, 4.69) is 15.7 Å². The van der Waals surface area contributed by atoms with Crippen LogP contribution < -0.4 is 21.8 Å². The van der Waals surface area contributed by atoms with E-state index < -0.39 is 17.0 Å². The van der Waals surface area contributed by atoms with Gasteiger partial charge in [0.1, 0.15) is 22.9 Å². The first-order valence-corrected chi connectivity index (χ1v) is 10.1. The smallest absolute Gasteiger partial charge is 0.290 e. The quantitative estimate of drug-likeness (QED) is 0.414. The zero-order valence-electron chi connectivity index (χ0n) is 18.6. The van der Waals surface area contributed by atoms with Gasteiger partial charge in [-0.2, -0.15) is 0 Å². The molecule has 10 heteroatoms. The molecule has 2 aromatic heterocycles. The lowest BCUT2D eigenvalue weighted by molar-refractivity contribution is 0.0824. The van der Waals surface area contributed by atoms with Crippen LogP contribution in [-0.2, 0) is 7.05 Å². The number of carbonyl (C=O) groups excluding carboxylic acids is 1. The molecule has 170 valence electrons. The number of phenolic OH excluding ortho intramolecular Hbond substituents is 1. The largest absolute Gasteiger partial charge is 0.505 e. The molecule has 0 fully saturated rings. The summed E-state index contributed by atoms with van der Waals surface area (Å²) < 4.78 is 6.76. The summed E-state index contributed by atoms with van der Waals surface area (Å²) >= 11 is 0. The first-order chi connectivity index (χ1) is 15.1. The monoisotopic (exact) mass is 441 g/mol. The van der Waals surface area contributed by atoms with Crippen LogP contribution >= 0.6 is 0 Å². The number of hydrogen-bond donors (Lipinski definition) is 4. The SMILES string of the molecule is CCC(Nc1c(Nc2cccc(C(=O)N(C)C)c2O)c(=O)[nH]n(C)c1=O)c1ccc(C)o1. The van der Waals surface area contributed by atoms with E-state index in [1.807, 2.05) is 26.0 Å². The summed E-state index contributed by atoms with van der Waals surface area (Å²) in [7, 11) is 4.57. The van der Waals surface area contributed by atoms with Gasteiger partial charge in [0.15, 0.2) is 5.75 Å². The molecule has 1 atom stereocenters. The number of H-pyrrole nitrogens is 1. The van der Waals surface area contributed by atoms with Crippen LogP contribution in [0.3, 0.4) is 0 Å². The number of aryl methyl sites for hydroxylation is 2. The Morgan fingerprint density at radius 2 is 1.94 bits per heavy atom. The molecule has 0 radical (unpaired) electrons. The minimum absolute atomic E-state index is 0.0147. The Hall–Kier alpha value is -3.95. The Balaban J connectivity index is 2.08. The van der Waals surface area contributed by atoms with E-state index in [0.29, 0.717) is 12.2 Å². The molecule has 4 N–H and O–H groups in total. The number of aromatic amines is 1. The van der Waals surface area contributed by atoms with Gasteiger partial charge >= 0.3 is 0 Å². The Kier molecular flexibility index (Phi) is 6.42. The molecule has 10 nitrogen and oxygen atoms in total. The van der Waals surface area contributed by atoms with Crippen LogP contribution in [-0.4, -0.2) is 39.8 Å². The van der Waals surface area contributed by atoms with Gasteiger partial charge in [-0.15, -0.1) is 0 Å². The average molecular weight is 441 g/mol. The number of rotatable bonds is 7. The van der Waals surface area contributed by atoms with Crippen molar-refractivity contribution in [2.75, 3.05) is 24.7 Å². The van der Waals surface area contributed by atoms with E-state index in [1.165, 1.54) is 24.1 Å². The molecule has 1 amide bonds. The van der Waals surface area contributed by atoms with E-state index in [9.17, 15) is 19.5 Å². The zero-order valence-corrected chi connectivity index (χ0v) is 18.6. The summed E-state index contributed by atoms with van der Waals surface area (Å²) in [5.41, 5.74) is -0.952. The Labute approximate surface area is 184 Å². The van der Waals surface area contributed by atoms with Crippen LogP contribution in [0, 0.1) is 6.92 Å². The van der Waals surface area contributed by atoms with Crippen molar-refractivity contribution < 1.29 is 14.3 Å².